The van der Waals surface area contributed by atoms with Crippen molar-refractivity contribution in [2.24, 2.45) is 5.92 Å². The van der Waals surface area contributed by atoms with E-state index in [-0.39, 0.29) is 12.4 Å². The van der Waals surface area contributed by atoms with Crippen LogP contribution in [0.1, 0.15) is 19.3 Å². The second-order valence-corrected chi connectivity index (χ2v) is 3.41. The van der Waals surface area contributed by atoms with Crippen LogP contribution >= 0.6 is 12.4 Å². The van der Waals surface area contributed by atoms with E-state index >= 15 is 0 Å². The van der Waals surface area contributed by atoms with Gasteiger partial charge in [0, 0.05) is 19.7 Å². The minimum Gasteiger partial charge on any atom is -0.375 e. The van der Waals surface area contributed by atoms with Gasteiger partial charge in [0.1, 0.15) is 0 Å². The lowest BCUT2D eigenvalue weighted by atomic mass is 9.86. The molecule has 0 radical (unpaired) electrons. The molecule has 2 nitrogen and oxygen atoms in total. The van der Waals surface area contributed by atoms with Gasteiger partial charge in [0.25, 0.3) is 0 Å². The van der Waals surface area contributed by atoms with Crippen LogP contribution in [0.15, 0.2) is 0 Å². The van der Waals surface area contributed by atoms with E-state index in [2.05, 4.69) is 5.32 Å². The zero-order valence-electron chi connectivity index (χ0n) is 6.71. The highest BCUT2D eigenvalue weighted by Crippen LogP contribution is 2.26. The van der Waals surface area contributed by atoms with Crippen LogP contribution in [0.5, 0.6) is 0 Å². The second kappa shape index (κ2) is 4.29. The highest BCUT2D eigenvalue weighted by Gasteiger charge is 2.22. The Kier molecular flexibility index (Phi) is 3.63. The number of hydrogen-bond donors (Lipinski definition) is 1. The average molecular weight is 178 g/mol. The van der Waals surface area contributed by atoms with Gasteiger partial charge in [0.15, 0.2) is 0 Å². The van der Waals surface area contributed by atoms with Crippen molar-refractivity contribution in [3.63, 3.8) is 0 Å². The van der Waals surface area contributed by atoms with Gasteiger partial charge < -0.3 is 10.1 Å². The van der Waals surface area contributed by atoms with E-state index in [0.29, 0.717) is 6.10 Å². The van der Waals surface area contributed by atoms with Crippen molar-refractivity contribution in [2.75, 3.05) is 19.7 Å². The summed E-state index contributed by atoms with van der Waals surface area (Å²) >= 11 is 0. The number of nitrogens with one attached hydrogen (secondary N) is 1. The minimum absolute atomic E-state index is 0. The third kappa shape index (κ3) is 2.32. The lowest BCUT2D eigenvalue weighted by molar-refractivity contribution is -0.0149. The summed E-state index contributed by atoms with van der Waals surface area (Å²) < 4.78 is 5.62. The Hall–Kier alpha value is 0.210. The highest BCUT2D eigenvalue weighted by atomic mass is 35.5. The van der Waals surface area contributed by atoms with Crippen molar-refractivity contribution in [2.45, 2.75) is 25.4 Å². The molecule has 0 spiro atoms. The molecule has 0 atom stereocenters. The minimum atomic E-state index is 0. The van der Waals surface area contributed by atoms with Crippen molar-refractivity contribution in [3.05, 3.63) is 0 Å². The Morgan fingerprint density at radius 2 is 2.00 bits per heavy atom. The summed E-state index contributed by atoms with van der Waals surface area (Å²) in [6.07, 6.45) is 4.78. The van der Waals surface area contributed by atoms with Crippen molar-refractivity contribution >= 4 is 12.4 Å². The van der Waals surface area contributed by atoms with Gasteiger partial charge in [-0.05, 0) is 18.8 Å². The normalized spacial score (nSPS) is 25.1. The molecule has 66 valence electrons. The average Bonchev–Trinajstić information content (AvgIpc) is 1.70. The summed E-state index contributed by atoms with van der Waals surface area (Å²) in [4.78, 5) is 0. The zero-order chi connectivity index (χ0) is 6.81. The van der Waals surface area contributed by atoms with E-state index in [1.807, 2.05) is 0 Å². The van der Waals surface area contributed by atoms with Crippen molar-refractivity contribution < 1.29 is 4.74 Å². The monoisotopic (exact) mass is 177 g/mol. The Morgan fingerprint density at radius 3 is 2.36 bits per heavy atom. The first kappa shape index (κ1) is 9.30. The van der Waals surface area contributed by atoms with E-state index in [0.717, 1.165) is 25.6 Å². The van der Waals surface area contributed by atoms with Crippen LogP contribution in [-0.2, 0) is 4.74 Å². The Morgan fingerprint density at radius 1 is 1.27 bits per heavy atom. The first-order valence-corrected chi connectivity index (χ1v) is 4.27. The molecule has 3 heteroatoms. The molecule has 0 aromatic carbocycles. The summed E-state index contributed by atoms with van der Waals surface area (Å²) in [6, 6.07) is 0. The topological polar surface area (TPSA) is 21.3 Å². The molecule has 1 saturated carbocycles. The fourth-order valence-electron chi connectivity index (χ4n) is 1.31. The molecule has 2 rings (SSSR count). The van der Waals surface area contributed by atoms with Crippen molar-refractivity contribution in [1.82, 2.24) is 5.32 Å². The van der Waals surface area contributed by atoms with Gasteiger partial charge in [-0.15, -0.1) is 12.4 Å². The SMILES string of the molecule is C1CC(COC2CNC2)C1.Cl. The third-order valence-electron chi connectivity index (χ3n) is 2.54. The van der Waals surface area contributed by atoms with E-state index in [1.54, 1.807) is 0 Å². The first-order valence-electron chi connectivity index (χ1n) is 4.27. The van der Waals surface area contributed by atoms with Crippen molar-refractivity contribution in [3.8, 4) is 0 Å². The molecule has 11 heavy (non-hydrogen) atoms. The van der Waals surface area contributed by atoms with Crippen LogP contribution in [0.3, 0.4) is 0 Å². The van der Waals surface area contributed by atoms with Gasteiger partial charge in [-0.3, -0.25) is 0 Å². The quantitative estimate of drug-likeness (QED) is 0.700. The lowest BCUT2D eigenvalue weighted by Gasteiger charge is -2.31. The largest absolute Gasteiger partial charge is 0.375 e. The number of ether oxygens (including phenoxy) is 1. The van der Waals surface area contributed by atoms with Crippen LogP contribution in [0.2, 0.25) is 0 Å². The fraction of sp³-hybridized carbons (Fsp3) is 1.00. The smallest absolute Gasteiger partial charge is 0.0823 e. The van der Waals surface area contributed by atoms with Crippen LogP contribution in [0, 0.1) is 5.92 Å². The molecule has 1 saturated heterocycles. The standard InChI is InChI=1S/C8H15NO.ClH/c1-2-7(3-1)6-10-8-4-9-5-8;/h7-9H,1-6H2;1H. The molecular formula is C8H16ClNO. The molecule has 0 bridgehead atoms. The van der Waals surface area contributed by atoms with Crippen LogP contribution in [0.4, 0.5) is 0 Å². The molecule has 1 aliphatic heterocycles. The van der Waals surface area contributed by atoms with E-state index in [1.165, 1.54) is 19.3 Å². The summed E-state index contributed by atoms with van der Waals surface area (Å²) in [5.74, 6) is 0.903. The summed E-state index contributed by atoms with van der Waals surface area (Å²) in [6.45, 7) is 3.17. The second-order valence-electron chi connectivity index (χ2n) is 3.41. The molecule has 2 fully saturated rings. The summed E-state index contributed by atoms with van der Waals surface area (Å²) in [7, 11) is 0. The summed E-state index contributed by atoms with van der Waals surface area (Å²) in [5, 5.41) is 3.20. The van der Waals surface area contributed by atoms with Gasteiger partial charge >= 0.3 is 0 Å². The number of hydrogen-bond acceptors (Lipinski definition) is 2. The first-order chi connectivity index (χ1) is 4.95. The maximum absolute atomic E-state index is 5.62. The number of halogens is 1. The molecule has 1 heterocycles. The van der Waals surface area contributed by atoms with Gasteiger partial charge in [-0.1, -0.05) is 6.42 Å². The molecule has 0 aromatic rings. The van der Waals surface area contributed by atoms with Crippen LogP contribution < -0.4 is 5.32 Å². The zero-order valence-corrected chi connectivity index (χ0v) is 7.53. The van der Waals surface area contributed by atoms with Crippen LogP contribution in [0.25, 0.3) is 0 Å². The predicted molar refractivity (Wildman–Crippen MR) is 47.2 cm³/mol. The van der Waals surface area contributed by atoms with E-state index in [4.69, 9.17) is 4.74 Å². The lowest BCUT2D eigenvalue weighted by Crippen LogP contribution is -2.49. The third-order valence-corrected chi connectivity index (χ3v) is 2.54. The van der Waals surface area contributed by atoms with Gasteiger partial charge in [0.2, 0.25) is 0 Å². The molecule has 1 aliphatic carbocycles. The maximum atomic E-state index is 5.62. The van der Waals surface area contributed by atoms with Crippen LogP contribution in [-0.4, -0.2) is 25.8 Å². The molecule has 0 amide bonds. The molecule has 0 aromatic heterocycles. The van der Waals surface area contributed by atoms with Gasteiger partial charge in [-0.25, -0.2) is 0 Å². The summed E-state index contributed by atoms with van der Waals surface area (Å²) in [5.41, 5.74) is 0. The van der Waals surface area contributed by atoms with Gasteiger partial charge in [-0.2, -0.15) is 0 Å². The Balaban J connectivity index is 0.000000605. The molecular weight excluding hydrogens is 162 g/mol. The molecule has 0 unspecified atom stereocenters. The van der Waals surface area contributed by atoms with Crippen molar-refractivity contribution in [1.29, 1.82) is 0 Å². The predicted octanol–water partition coefficient (Wildman–Crippen LogP) is 1.20. The highest BCUT2D eigenvalue weighted by molar-refractivity contribution is 5.85. The van der Waals surface area contributed by atoms with E-state index in [9.17, 15) is 0 Å². The molecule has 2 aliphatic rings. The fourth-order valence-corrected chi connectivity index (χ4v) is 1.31. The number of rotatable bonds is 3. The Labute approximate surface area is 74.1 Å². The van der Waals surface area contributed by atoms with Gasteiger partial charge in [0.05, 0.1) is 6.10 Å². The maximum Gasteiger partial charge on any atom is 0.0823 e. The molecule has 1 N–H and O–H groups in total. The Bertz CT molecular complexity index is 98.7. The van der Waals surface area contributed by atoms with E-state index < -0.39 is 0 Å².